The van der Waals surface area contributed by atoms with Gasteiger partial charge in [0.25, 0.3) is 0 Å². The first kappa shape index (κ1) is 13.7. The first-order valence-corrected chi connectivity index (χ1v) is 8.69. The third-order valence-corrected chi connectivity index (χ3v) is 5.61. The van der Waals surface area contributed by atoms with Gasteiger partial charge >= 0.3 is 0 Å². The van der Waals surface area contributed by atoms with Gasteiger partial charge in [-0.05, 0) is 36.3 Å². The van der Waals surface area contributed by atoms with Crippen molar-refractivity contribution in [3.05, 3.63) is 29.8 Å². The molecular formula is C12H18N2O2S2. The topological polar surface area (TPSA) is 72.2 Å². The summed E-state index contributed by atoms with van der Waals surface area (Å²) in [6, 6.07) is 6.94. The Hall–Kier alpha value is -0.720. The summed E-state index contributed by atoms with van der Waals surface area (Å²) in [4.78, 5) is 0. The zero-order chi connectivity index (χ0) is 13.0. The summed E-state index contributed by atoms with van der Waals surface area (Å²) in [5.41, 5.74) is 6.97. The highest BCUT2D eigenvalue weighted by Gasteiger charge is 2.18. The number of nitrogen functional groups attached to an aromatic ring is 1. The molecule has 1 aromatic rings. The van der Waals surface area contributed by atoms with Crippen LogP contribution >= 0.6 is 11.8 Å². The maximum atomic E-state index is 11.9. The van der Waals surface area contributed by atoms with Crippen molar-refractivity contribution in [2.45, 2.75) is 23.8 Å². The summed E-state index contributed by atoms with van der Waals surface area (Å²) in [5, 5.41) is 0.436. The third kappa shape index (κ3) is 4.19. The van der Waals surface area contributed by atoms with Crippen molar-refractivity contribution in [3.8, 4) is 0 Å². The second kappa shape index (κ2) is 5.95. The zero-order valence-corrected chi connectivity index (χ0v) is 11.8. The van der Waals surface area contributed by atoms with E-state index in [2.05, 4.69) is 4.72 Å². The van der Waals surface area contributed by atoms with Gasteiger partial charge in [0.05, 0.1) is 5.75 Å². The summed E-state index contributed by atoms with van der Waals surface area (Å²) >= 11 is 1.85. The second-order valence-electron chi connectivity index (χ2n) is 4.48. The smallest absolute Gasteiger partial charge is 0.215 e. The van der Waals surface area contributed by atoms with Crippen LogP contribution in [0.25, 0.3) is 0 Å². The highest BCUT2D eigenvalue weighted by atomic mass is 32.2. The van der Waals surface area contributed by atoms with E-state index in [9.17, 15) is 8.42 Å². The molecular weight excluding hydrogens is 268 g/mol. The van der Waals surface area contributed by atoms with Crippen molar-refractivity contribution in [2.24, 2.45) is 0 Å². The van der Waals surface area contributed by atoms with Gasteiger partial charge in [-0.1, -0.05) is 12.1 Å². The van der Waals surface area contributed by atoms with E-state index in [1.165, 1.54) is 6.42 Å². The maximum Gasteiger partial charge on any atom is 0.215 e. The van der Waals surface area contributed by atoms with Gasteiger partial charge in [0.15, 0.2) is 0 Å². The van der Waals surface area contributed by atoms with Crippen LogP contribution in [0.15, 0.2) is 24.3 Å². The molecule has 18 heavy (non-hydrogen) atoms. The Bertz CT molecular complexity index is 479. The molecule has 0 aliphatic carbocycles. The van der Waals surface area contributed by atoms with Gasteiger partial charge in [-0.25, -0.2) is 13.1 Å². The average molecular weight is 286 g/mol. The minimum atomic E-state index is -3.24. The van der Waals surface area contributed by atoms with Crippen molar-refractivity contribution in [1.82, 2.24) is 4.72 Å². The first-order chi connectivity index (χ1) is 8.55. The number of rotatable bonds is 5. The molecule has 1 fully saturated rings. The van der Waals surface area contributed by atoms with Crippen LogP contribution in [0.4, 0.5) is 5.69 Å². The van der Waals surface area contributed by atoms with E-state index in [0.29, 0.717) is 17.5 Å². The van der Waals surface area contributed by atoms with Crippen LogP contribution in [-0.4, -0.2) is 26.0 Å². The van der Waals surface area contributed by atoms with Crippen LogP contribution in [0.2, 0.25) is 0 Å². The Morgan fingerprint density at radius 1 is 1.33 bits per heavy atom. The number of nitrogens with two attached hydrogens (primary N) is 1. The average Bonchev–Trinajstić information content (AvgIpc) is 2.83. The lowest BCUT2D eigenvalue weighted by Crippen LogP contribution is -2.30. The molecule has 1 aromatic carbocycles. The summed E-state index contributed by atoms with van der Waals surface area (Å²) < 4.78 is 26.5. The zero-order valence-electron chi connectivity index (χ0n) is 10.1. The van der Waals surface area contributed by atoms with Crippen LogP contribution in [0.1, 0.15) is 18.4 Å². The summed E-state index contributed by atoms with van der Waals surface area (Å²) in [7, 11) is -3.24. The summed E-state index contributed by atoms with van der Waals surface area (Å²) in [6.45, 7) is 0.544. The molecule has 100 valence electrons. The Labute approximate surface area is 112 Å². The predicted molar refractivity (Wildman–Crippen MR) is 77.0 cm³/mol. The van der Waals surface area contributed by atoms with Crippen LogP contribution in [0, 0.1) is 0 Å². The molecule has 1 aliphatic heterocycles. The lowest BCUT2D eigenvalue weighted by molar-refractivity contribution is 0.578. The minimum Gasteiger partial charge on any atom is -0.399 e. The van der Waals surface area contributed by atoms with Gasteiger partial charge in [0.1, 0.15) is 0 Å². The molecule has 1 heterocycles. The van der Waals surface area contributed by atoms with E-state index < -0.39 is 10.0 Å². The highest BCUT2D eigenvalue weighted by molar-refractivity contribution is 8.00. The Kier molecular flexibility index (Phi) is 4.53. The third-order valence-electron chi connectivity index (χ3n) is 2.89. The lowest BCUT2D eigenvalue weighted by atomic mass is 10.2. The summed E-state index contributed by atoms with van der Waals surface area (Å²) in [5.74, 6) is 1.16. The van der Waals surface area contributed by atoms with Gasteiger partial charge in [-0.2, -0.15) is 11.8 Å². The highest BCUT2D eigenvalue weighted by Crippen LogP contribution is 2.25. The quantitative estimate of drug-likeness (QED) is 0.806. The second-order valence-corrected chi connectivity index (χ2v) is 7.70. The first-order valence-electron chi connectivity index (χ1n) is 5.98. The number of nitrogens with one attached hydrogen (secondary N) is 1. The van der Waals surface area contributed by atoms with E-state index in [-0.39, 0.29) is 5.75 Å². The number of anilines is 1. The molecule has 3 N–H and O–H groups in total. The van der Waals surface area contributed by atoms with Crippen LogP contribution in [0.3, 0.4) is 0 Å². The molecule has 0 spiro atoms. The monoisotopic (exact) mass is 286 g/mol. The number of hydrogen-bond acceptors (Lipinski definition) is 4. The van der Waals surface area contributed by atoms with Gasteiger partial charge < -0.3 is 5.73 Å². The molecule has 1 aliphatic rings. The van der Waals surface area contributed by atoms with Crippen molar-refractivity contribution < 1.29 is 8.42 Å². The Morgan fingerprint density at radius 2 is 2.06 bits per heavy atom. The van der Waals surface area contributed by atoms with E-state index >= 15 is 0 Å². The van der Waals surface area contributed by atoms with Crippen molar-refractivity contribution in [1.29, 1.82) is 0 Å². The van der Waals surface area contributed by atoms with E-state index in [4.69, 9.17) is 5.73 Å². The molecule has 4 nitrogen and oxygen atoms in total. The summed E-state index contributed by atoms with van der Waals surface area (Å²) in [6.07, 6.45) is 2.30. The normalized spacial score (nSPS) is 20.1. The van der Waals surface area contributed by atoms with Gasteiger partial charge in [-0.15, -0.1) is 0 Å². The van der Waals surface area contributed by atoms with Crippen molar-refractivity contribution in [2.75, 3.05) is 18.0 Å². The van der Waals surface area contributed by atoms with Gasteiger partial charge in [-0.3, -0.25) is 0 Å². The van der Waals surface area contributed by atoms with Gasteiger partial charge in [0, 0.05) is 17.5 Å². The molecule has 0 aromatic heterocycles. The molecule has 1 unspecified atom stereocenters. The molecule has 6 heteroatoms. The number of sulfonamides is 1. The molecule has 1 saturated heterocycles. The molecule has 0 radical (unpaired) electrons. The molecule has 0 saturated carbocycles. The fourth-order valence-corrected chi connectivity index (χ4v) is 4.40. The number of thioether (sulfide) groups is 1. The van der Waals surface area contributed by atoms with Gasteiger partial charge in [0.2, 0.25) is 10.0 Å². The van der Waals surface area contributed by atoms with Crippen molar-refractivity contribution in [3.63, 3.8) is 0 Å². The van der Waals surface area contributed by atoms with E-state index in [0.717, 1.165) is 17.7 Å². The van der Waals surface area contributed by atoms with Crippen LogP contribution in [0.5, 0.6) is 0 Å². The lowest BCUT2D eigenvalue weighted by Gasteiger charge is -2.11. The van der Waals surface area contributed by atoms with Crippen LogP contribution in [-0.2, 0) is 15.8 Å². The number of benzene rings is 1. The molecule has 1 atom stereocenters. The standard InChI is InChI=1S/C12H18N2O2S2/c13-11-5-3-10(4-6-11)9-18(15,16)14-8-12-2-1-7-17-12/h3-6,12,14H,1-2,7-9,13H2. The fourth-order valence-electron chi connectivity index (χ4n) is 1.91. The molecule has 2 rings (SSSR count). The van der Waals surface area contributed by atoms with Crippen molar-refractivity contribution >= 4 is 27.5 Å². The number of hydrogen-bond donors (Lipinski definition) is 2. The minimum absolute atomic E-state index is 0.0185. The fraction of sp³-hybridized carbons (Fsp3) is 0.500. The predicted octanol–water partition coefficient (Wildman–Crippen LogP) is 1.58. The van der Waals surface area contributed by atoms with E-state index in [1.54, 1.807) is 24.3 Å². The van der Waals surface area contributed by atoms with Crippen LogP contribution < -0.4 is 10.5 Å². The maximum absolute atomic E-state index is 11.9. The molecule has 0 amide bonds. The molecule has 0 bridgehead atoms. The Balaban J connectivity index is 1.88. The largest absolute Gasteiger partial charge is 0.399 e. The van der Waals surface area contributed by atoms with E-state index in [1.807, 2.05) is 11.8 Å². The SMILES string of the molecule is Nc1ccc(CS(=O)(=O)NCC2CCCS2)cc1. The Morgan fingerprint density at radius 3 is 2.67 bits per heavy atom.